The highest BCUT2D eigenvalue weighted by Crippen LogP contribution is 2.56. The summed E-state index contributed by atoms with van der Waals surface area (Å²) in [5.41, 5.74) is 1.82. The Labute approximate surface area is 68.1 Å². The summed E-state index contributed by atoms with van der Waals surface area (Å²) in [5.74, 6) is 1.14. The van der Waals surface area contributed by atoms with Crippen molar-refractivity contribution < 1.29 is 5.11 Å². The van der Waals surface area contributed by atoms with E-state index in [2.05, 4.69) is 26.8 Å². The summed E-state index contributed by atoms with van der Waals surface area (Å²) in [5, 5.41) is 9.63. The second-order valence-corrected chi connectivity index (χ2v) is 4.73. The highest BCUT2D eigenvalue weighted by atomic mass is 16.3. The van der Waals surface area contributed by atoms with Gasteiger partial charge in [-0.2, -0.15) is 0 Å². The van der Waals surface area contributed by atoms with Crippen LogP contribution < -0.4 is 0 Å². The van der Waals surface area contributed by atoms with E-state index in [-0.39, 0.29) is 6.10 Å². The molecule has 1 saturated carbocycles. The Morgan fingerprint density at radius 3 is 2.55 bits per heavy atom. The minimum atomic E-state index is -0.0706. The highest BCUT2D eigenvalue weighted by molar-refractivity contribution is 5.28. The first kappa shape index (κ1) is 7.35. The van der Waals surface area contributed by atoms with E-state index < -0.39 is 0 Å². The quantitative estimate of drug-likeness (QED) is 0.526. The topological polar surface area (TPSA) is 20.2 Å². The van der Waals surface area contributed by atoms with Gasteiger partial charge in [0.1, 0.15) is 0 Å². The predicted molar refractivity (Wildman–Crippen MR) is 45.1 cm³/mol. The van der Waals surface area contributed by atoms with Crippen molar-refractivity contribution in [3.05, 3.63) is 11.6 Å². The molecule has 1 fully saturated rings. The number of hydrogen-bond donors (Lipinski definition) is 1. The molecular weight excluding hydrogens is 136 g/mol. The van der Waals surface area contributed by atoms with Crippen LogP contribution in [0.3, 0.4) is 0 Å². The van der Waals surface area contributed by atoms with E-state index in [1.807, 2.05) is 0 Å². The third-order valence-electron chi connectivity index (χ3n) is 3.35. The molecule has 0 aromatic heterocycles. The van der Waals surface area contributed by atoms with Gasteiger partial charge in [0, 0.05) is 5.92 Å². The van der Waals surface area contributed by atoms with Gasteiger partial charge in [-0.05, 0) is 24.7 Å². The maximum Gasteiger partial charge on any atom is 0.0614 e. The molecule has 0 unspecified atom stereocenters. The molecule has 3 atom stereocenters. The van der Waals surface area contributed by atoms with Gasteiger partial charge in [0.15, 0.2) is 0 Å². The van der Waals surface area contributed by atoms with Crippen LogP contribution in [0.1, 0.15) is 27.2 Å². The Balaban J connectivity index is 2.29. The number of allylic oxidation sites excluding steroid dienone is 1. The van der Waals surface area contributed by atoms with Gasteiger partial charge < -0.3 is 5.11 Å². The number of aliphatic hydroxyl groups is 1. The van der Waals surface area contributed by atoms with E-state index in [0.29, 0.717) is 17.3 Å². The van der Waals surface area contributed by atoms with Gasteiger partial charge in [-0.3, -0.25) is 0 Å². The molecule has 0 aromatic carbocycles. The molecule has 2 aliphatic rings. The van der Waals surface area contributed by atoms with Gasteiger partial charge in [-0.1, -0.05) is 25.5 Å². The highest BCUT2D eigenvalue weighted by Gasteiger charge is 2.51. The minimum absolute atomic E-state index is 0.0706. The van der Waals surface area contributed by atoms with Crippen LogP contribution in [0, 0.1) is 17.3 Å². The average molecular weight is 152 g/mol. The molecule has 0 spiro atoms. The van der Waals surface area contributed by atoms with Crippen molar-refractivity contribution in [2.24, 2.45) is 17.3 Å². The van der Waals surface area contributed by atoms with Crippen LogP contribution in [0.5, 0.6) is 0 Å². The number of aliphatic hydroxyl groups excluding tert-OH is 1. The van der Waals surface area contributed by atoms with Crippen LogP contribution in [0.4, 0.5) is 0 Å². The van der Waals surface area contributed by atoms with Crippen LogP contribution in [0.25, 0.3) is 0 Å². The molecule has 2 rings (SSSR count). The molecular formula is C10H16O. The largest absolute Gasteiger partial charge is 0.392 e. The van der Waals surface area contributed by atoms with E-state index >= 15 is 0 Å². The molecule has 0 aliphatic heterocycles. The molecule has 0 amide bonds. The van der Waals surface area contributed by atoms with Gasteiger partial charge in [0.05, 0.1) is 6.10 Å². The second kappa shape index (κ2) is 1.89. The maximum atomic E-state index is 9.63. The van der Waals surface area contributed by atoms with Gasteiger partial charge in [0.25, 0.3) is 0 Å². The van der Waals surface area contributed by atoms with Gasteiger partial charge in [0.2, 0.25) is 0 Å². The Bertz CT molecular complexity index is 215. The minimum Gasteiger partial charge on any atom is -0.392 e. The molecule has 11 heavy (non-hydrogen) atoms. The zero-order valence-electron chi connectivity index (χ0n) is 7.46. The lowest BCUT2D eigenvalue weighted by Gasteiger charge is -2.37. The lowest BCUT2D eigenvalue weighted by atomic mass is 9.68. The number of rotatable bonds is 0. The first-order valence-corrected chi connectivity index (χ1v) is 4.39. The molecule has 2 aliphatic carbocycles. The van der Waals surface area contributed by atoms with E-state index in [9.17, 15) is 5.11 Å². The fraction of sp³-hybridized carbons (Fsp3) is 0.800. The lowest BCUT2D eigenvalue weighted by molar-refractivity contribution is 0.136. The Hall–Kier alpha value is -0.300. The summed E-state index contributed by atoms with van der Waals surface area (Å²) < 4.78 is 0. The summed E-state index contributed by atoms with van der Waals surface area (Å²) in [6, 6.07) is 0. The van der Waals surface area contributed by atoms with Crippen molar-refractivity contribution in [1.82, 2.24) is 0 Å². The van der Waals surface area contributed by atoms with Crippen molar-refractivity contribution >= 4 is 0 Å². The Morgan fingerprint density at radius 2 is 2.18 bits per heavy atom. The molecule has 0 bridgehead atoms. The molecule has 62 valence electrons. The normalized spacial score (nSPS) is 46.2. The summed E-state index contributed by atoms with van der Waals surface area (Å²) in [6.07, 6.45) is 3.12. The molecule has 0 radical (unpaired) electrons. The smallest absolute Gasteiger partial charge is 0.0614 e. The molecule has 0 heterocycles. The van der Waals surface area contributed by atoms with Gasteiger partial charge in [-0.25, -0.2) is 0 Å². The predicted octanol–water partition coefficient (Wildman–Crippen LogP) is 1.97. The molecule has 0 aromatic rings. The fourth-order valence-corrected chi connectivity index (χ4v) is 2.96. The van der Waals surface area contributed by atoms with Crippen LogP contribution in [0.15, 0.2) is 11.6 Å². The van der Waals surface area contributed by atoms with Crippen molar-refractivity contribution in [3.8, 4) is 0 Å². The number of fused-ring (bicyclic) bond motifs is 1. The summed E-state index contributed by atoms with van der Waals surface area (Å²) in [4.78, 5) is 0. The van der Waals surface area contributed by atoms with Crippen LogP contribution in [-0.4, -0.2) is 11.2 Å². The van der Waals surface area contributed by atoms with Crippen molar-refractivity contribution in [2.45, 2.75) is 33.3 Å². The second-order valence-electron chi connectivity index (χ2n) is 4.73. The summed E-state index contributed by atoms with van der Waals surface area (Å²) in [7, 11) is 0. The lowest BCUT2D eigenvalue weighted by Crippen LogP contribution is -2.30. The SMILES string of the molecule is CC1=C[C@H]2[C@@H](O)CC(C)(C)[C@@H]12. The van der Waals surface area contributed by atoms with E-state index in [1.165, 1.54) is 5.57 Å². The fourth-order valence-electron chi connectivity index (χ4n) is 2.96. The summed E-state index contributed by atoms with van der Waals surface area (Å²) in [6.45, 7) is 6.70. The molecule has 1 N–H and O–H groups in total. The third kappa shape index (κ3) is 0.807. The average Bonchev–Trinajstić information content (AvgIpc) is 1.95. The van der Waals surface area contributed by atoms with Crippen LogP contribution >= 0.6 is 0 Å². The standard InChI is InChI=1S/C10H16O/c1-6-4-7-8(11)5-10(2,3)9(6)7/h4,7-9,11H,5H2,1-3H3/t7-,8-,9-/m0/s1. The van der Waals surface area contributed by atoms with Crippen molar-refractivity contribution in [2.75, 3.05) is 0 Å². The zero-order chi connectivity index (χ0) is 8.22. The van der Waals surface area contributed by atoms with E-state index in [1.54, 1.807) is 0 Å². The van der Waals surface area contributed by atoms with E-state index in [4.69, 9.17) is 0 Å². The third-order valence-corrected chi connectivity index (χ3v) is 3.35. The van der Waals surface area contributed by atoms with Crippen molar-refractivity contribution in [1.29, 1.82) is 0 Å². The summed E-state index contributed by atoms with van der Waals surface area (Å²) >= 11 is 0. The van der Waals surface area contributed by atoms with Gasteiger partial charge >= 0.3 is 0 Å². The maximum absolute atomic E-state index is 9.63. The van der Waals surface area contributed by atoms with Crippen LogP contribution in [-0.2, 0) is 0 Å². The first-order valence-electron chi connectivity index (χ1n) is 4.39. The Kier molecular flexibility index (Phi) is 1.26. The van der Waals surface area contributed by atoms with Crippen molar-refractivity contribution in [3.63, 3.8) is 0 Å². The zero-order valence-corrected chi connectivity index (χ0v) is 7.46. The Morgan fingerprint density at radius 1 is 1.55 bits per heavy atom. The van der Waals surface area contributed by atoms with Gasteiger partial charge in [-0.15, -0.1) is 0 Å². The molecule has 1 nitrogen and oxygen atoms in total. The monoisotopic (exact) mass is 152 g/mol. The van der Waals surface area contributed by atoms with E-state index in [0.717, 1.165) is 6.42 Å². The van der Waals surface area contributed by atoms with Crippen LogP contribution in [0.2, 0.25) is 0 Å². The molecule has 1 heteroatoms. The first-order chi connectivity index (χ1) is 5.02. The molecule has 0 saturated heterocycles. The number of hydrogen-bond acceptors (Lipinski definition) is 1.